The van der Waals surface area contributed by atoms with Crippen LogP contribution < -0.4 is 10.5 Å². The Hall–Kier alpha value is -1.89. The first kappa shape index (κ1) is 12.2. The summed E-state index contributed by atoms with van der Waals surface area (Å²) in [7, 11) is 1.24. The lowest BCUT2D eigenvalue weighted by Crippen LogP contribution is -2.12. The number of hydrogen-bond donors (Lipinski definition) is 2. The van der Waals surface area contributed by atoms with E-state index in [1.807, 2.05) is 0 Å². The number of phenols is 1. The first-order valence-corrected chi connectivity index (χ1v) is 4.38. The highest BCUT2D eigenvalue weighted by Crippen LogP contribution is 2.38. The van der Waals surface area contributed by atoms with Gasteiger partial charge in [-0.2, -0.15) is 0 Å². The van der Waals surface area contributed by atoms with Crippen LogP contribution in [0.3, 0.4) is 0 Å². The molecule has 0 unspecified atom stereocenters. The lowest BCUT2D eigenvalue weighted by Gasteiger charge is -2.10. The molecule has 0 spiro atoms. The third-order valence-corrected chi connectivity index (χ3v) is 2.09. The van der Waals surface area contributed by atoms with E-state index in [2.05, 4.69) is 0 Å². The highest BCUT2D eigenvalue weighted by molar-refractivity contribution is 5.57. The molecule has 1 rings (SSSR count). The Bertz CT molecular complexity index is 411. The number of nitro groups is 1. The smallest absolute Gasteiger partial charge is 0.314 e. The van der Waals surface area contributed by atoms with Crippen molar-refractivity contribution in [3.63, 3.8) is 0 Å². The number of alkyl halides is 1. The standard InChI is InChI=1S/C9H11FN2O4/c1-16-8-3-5(6(11)4-10)2-7(9(8)13)12(14)15/h2-3,6,13H,4,11H2,1H3/t6-/m0/s1. The van der Waals surface area contributed by atoms with Crippen molar-refractivity contribution in [2.75, 3.05) is 13.8 Å². The van der Waals surface area contributed by atoms with Crippen molar-refractivity contribution in [2.45, 2.75) is 6.04 Å². The maximum Gasteiger partial charge on any atom is 0.314 e. The molecular weight excluding hydrogens is 219 g/mol. The van der Waals surface area contributed by atoms with E-state index in [-0.39, 0.29) is 11.3 Å². The molecule has 0 radical (unpaired) electrons. The van der Waals surface area contributed by atoms with Gasteiger partial charge in [-0.3, -0.25) is 10.1 Å². The quantitative estimate of drug-likeness (QED) is 0.599. The number of aromatic hydroxyl groups is 1. The van der Waals surface area contributed by atoms with Gasteiger partial charge < -0.3 is 15.6 Å². The van der Waals surface area contributed by atoms with E-state index in [1.165, 1.54) is 13.2 Å². The molecule has 1 aromatic carbocycles. The fourth-order valence-corrected chi connectivity index (χ4v) is 1.21. The molecule has 0 heterocycles. The van der Waals surface area contributed by atoms with Crippen molar-refractivity contribution < 1.29 is 19.2 Å². The molecule has 1 atom stereocenters. The second-order valence-electron chi connectivity index (χ2n) is 3.11. The van der Waals surface area contributed by atoms with Crippen LogP contribution in [0, 0.1) is 10.1 Å². The van der Waals surface area contributed by atoms with Crippen LogP contribution in [0.2, 0.25) is 0 Å². The summed E-state index contributed by atoms with van der Waals surface area (Å²) in [5.41, 5.74) is 5.04. The largest absolute Gasteiger partial charge is 0.500 e. The van der Waals surface area contributed by atoms with Crippen molar-refractivity contribution in [3.8, 4) is 11.5 Å². The van der Waals surface area contributed by atoms with Crippen LogP contribution in [-0.2, 0) is 0 Å². The van der Waals surface area contributed by atoms with Gasteiger partial charge >= 0.3 is 5.69 Å². The predicted molar refractivity (Wildman–Crippen MR) is 54.2 cm³/mol. The van der Waals surface area contributed by atoms with Crippen molar-refractivity contribution in [3.05, 3.63) is 27.8 Å². The zero-order valence-corrected chi connectivity index (χ0v) is 8.51. The lowest BCUT2D eigenvalue weighted by molar-refractivity contribution is -0.386. The average molecular weight is 230 g/mol. The van der Waals surface area contributed by atoms with Gasteiger partial charge in [0.2, 0.25) is 5.75 Å². The zero-order chi connectivity index (χ0) is 12.3. The molecule has 0 aliphatic carbocycles. The van der Waals surface area contributed by atoms with E-state index < -0.39 is 29.1 Å². The third-order valence-electron chi connectivity index (χ3n) is 2.09. The number of halogens is 1. The second kappa shape index (κ2) is 4.75. The van der Waals surface area contributed by atoms with Crippen LogP contribution in [0.25, 0.3) is 0 Å². The van der Waals surface area contributed by atoms with Crippen molar-refractivity contribution in [2.24, 2.45) is 5.73 Å². The Morgan fingerprint density at radius 3 is 2.75 bits per heavy atom. The molecule has 1 aromatic rings. The topological polar surface area (TPSA) is 98.6 Å². The number of methoxy groups -OCH3 is 1. The molecule has 0 fully saturated rings. The maximum atomic E-state index is 12.3. The molecule has 0 aliphatic heterocycles. The minimum atomic E-state index is -0.979. The van der Waals surface area contributed by atoms with Crippen LogP contribution in [0.4, 0.5) is 10.1 Å². The Morgan fingerprint density at radius 1 is 1.69 bits per heavy atom. The van der Waals surface area contributed by atoms with E-state index >= 15 is 0 Å². The number of phenolic OH excluding ortho intramolecular Hbond substituents is 1. The van der Waals surface area contributed by atoms with Gasteiger partial charge in [0.1, 0.15) is 6.67 Å². The predicted octanol–water partition coefficient (Wildman–Crippen LogP) is 1.28. The van der Waals surface area contributed by atoms with Gasteiger partial charge in [-0.1, -0.05) is 0 Å². The Balaban J connectivity index is 3.34. The molecule has 16 heavy (non-hydrogen) atoms. The van der Waals surface area contributed by atoms with Crippen LogP contribution in [-0.4, -0.2) is 23.8 Å². The van der Waals surface area contributed by atoms with Gasteiger partial charge in [-0.15, -0.1) is 0 Å². The summed E-state index contributed by atoms with van der Waals surface area (Å²) in [5, 5.41) is 20.0. The molecule has 88 valence electrons. The fraction of sp³-hybridized carbons (Fsp3) is 0.333. The van der Waals surface area contributed by atoms with Gasteiger partial charge in [0.15, 0.2) is 5.75 Å². The van der Waals surface area contributed by atoms with E-state index in [9.17, 15) is 19.6 Å². The van der Waals surface area contributed by atoms with Crippen molar-refractivity contribution in [1.82, 2.24) is 0 Å². The van der Waals surface area contributed by atoms with Crippen molar-refractivity contribution in [1.29, 1.82) is 0 Å². The summed E-state index contributed by atoms with van der Waals surface area (Å²) in [6.07, 6.45) is 0. The highest BCUT2D eigenvalue weighted by Gasteiger charge is 2.21. The minimum Gasteiger partial charge on any atom is -0.500 e. The average Bonchev–Trinajstić information content (AvgIpc) is 2.27. The molecular formula is C9H11FN2O4. The van der Waals surface area contributed by atoms with E-state index in [0.717, 1.165) is 6.07 Å². The Morgan fingerprint density at radius 2 is 2.31 bits per heavy atom. The zero-order valence-electron chi connectivity index (χ0n) is 8.51. The molecule has 0 amide bonds. The molecule has 0 bridgehead atoms. The van der Waals surface area contributed by atoms with Crippen molar-refractivity contribution >= 4 is 5.69 Å². The highest BCUT2D eigenvalue weighted by atomic mass is 19.1. The molecule has 7 heteroatoms. The number of ether oxygens (including phenoxy) is 1. The van der Waals surface area contributed by atoms with Crippen LogP contribution in [0.15, 0.2) is 12.1 Å². The lowest BCUT2D eigenvalue weighted by atomic mass is 10.1. The Kier molecular flexibility index (Phi) is 3.62. The number of nitrogens with zero attached hydrogens (tertiary/aromatic N) is 1. The van der Waals surface area contributed by atoms with Crippen LogP contribution in [0.1, 0.15) is 11.6 Å². The van der Waals surface area contributed by atoms with Gasteiger partial charge in [0.25, 0.3) is 0 Å². The van der Waals surface area contributed by atoms with Gasteiger partial charge in [0, 0.05) is 6.07 Å². The van der Waals surface area contributed by atoms with E-state index in [1.54, 1.807) is 0 Å². The SMILES string of the molecule is COc1cc([C@@H](N)CF)cc([N+](=O)[O-])c1O. The number of nitro benzene ring substituents is 1. The Labute approximate surface area is 90.6 Å². The van der Waals surface area contributed by atoms with Gasteiger partial charge in [-0.05, 0) is 11.6 Å². The summed E-state index contributed by atoms with van der Waals surface area (Å²) in [4.78, 5) is 9.82. The molecule has 0 saturated heterocycles. The summed E-state index contributed by atoms with van der Waals surface area (Å²) in [6, 6.07) is 1.32. The normalized spacial score (nSPS) is 12.2. The van der Waals surface area contributed by atoms with Crippen LogP contribution >= 0.6 is 0 Å². The second-order valence-corrected chi connectivity index (χ2v) is 3.11. The molecule has 0 aromatic heterocycles. The van der Waals surface area contributed by atoms with E-state index in [0.29, 0.717) is 0 Å². The molecule has 3 N–H and O–H groups in total. The monoisotopic (exact) mass is 230 g/mol. The van der Waals surface area contributed by atoms with Gasteiger partial charge in [-0.25, -0.2) is 4.39 Å². The molecule has 0 aliphatic rings. The first-order chi connectivity index (χ1) is 7.51. The molecule has 6 nitrogen and oxygen atoms in total. The summed E-state index contributed by atoms with van der Waals surface area (Å²) in [5.74, 6) is -0.699. The molecule has 0 saturated carbocycles. The summed E-state index contributed by atoms with van der Waals surface area (Å²) < 4.78 is 17.1. The number of hydrogen-bond acceptors (Lipinski definition) is 5. The van der Waals surface area contributed by atoms with Crippen LogP contribution in [0.5, 0.6) is 11.5 Å². The van der Waals surface area contributed by atoms with E-state index in [4.69, 9.17) is 10.5 Å². The summed E-state index contributed by atoms with van der Waals surface area (Å²) >= 11 is 0. The summed E-state index contributed by atoms with van der Waals surface area (Å²) in [6.45, 7) is -0.856. The van der Waals surface area contributed by atoms with Gasteiger partial charge in [0.05, 0.1) is 18.1 Å². The number of rotatable bonds is 4. The minimum absolute atomic E-state index is 0.104. The maximum absolute atomic E-state index is 12.3. The fourth-order valence-electron chi connectivity index (χ4n) is 1.21. The number of benzene rings is 1. The number of nitrogens with two attached hydrogens (primary N) is 1. The third kappa shape index (κ3) is 2.19. The first-order valence-electron chi connectivity index (χ1n) is 4.38.